The predicted octanol–water partition coefficient (Wildman–Crippen LogP) is 8.76. The van der Waals surface area contributed by atoms with E-state index in [4.69, 9.17) is 20.8 Å². The molecule has 4 amide bonds. The van der Waals surface area contributed by atoms with Crippen LogP contribution in [0.25, 0.3) is 33.4 Å². The topological polar surface area (TPSA) is 151 Å². The van der Waals surface area contributed by atoms with Crippen LogP contribution in [0.1, 0.15) is 61.0 Å². The summed E-state index contributed by atoms with van der Waals surface area (Å²) in [6, 6.07) is 33.3. The number of hydrogen-bond acceptors (Lipinski definition) is 8. The molecule has 0 unspecified atom stereocenters. The summed E-state index contributed by atoms with van der Waals surface area (Å²) in [6.45, 7) is 2.34. The van der Waals surface area contributed by atoms with E-state index >= 15 is 0 Å². The van der Waals surface area contributed by atoms with Crippen LogP contribution in [0.15, 0.2) is 120 Å². The van der Waals surface area contributed by atoms with Crippen molar-refractivity contribution in [3.8, 4) is 28.4 Å². The van der Waals surface area contributed by atoms with Crippen molar-refractivity contribution in [3.63, 3.8) is 0 Å². The highest BCUT2D eigenvalue weighted by molar-refractivity contribution is 6.30. The van der Waals surface area contributed by atoms with Crippen LogP contribution in [0.3, 0.4) is 0 Å². The Morgan fingerprint density at radius 2 is 1.31 bits per heavy atom. The Labute approximate surface area is 357 Å². The number of rotatable bonds is 12. The summed E-state index contributed by atoms with van der Waals surface area (Å²) in [4.78, 5) is 74.3. The van der Waals surface area contributed by atoms with Gasteiger partial charge in [-0.1, -0.05) is 54.1 Å². The first-order valence-corrected chi connectivity index (χ1v) is 20.7. The quantitative estimate of drug-likeness (QED) is 0.116. The zero-order chi connectivity index (χ0) is 42.6. The lowest BCUT2D eigenvalue weighted by atomic mass is 9.92. The van der Waals surface area contributed by atoms with Crippen molar-refractivity contribution in [3.05, 3.63) is 132 Å². The standard InChI is InChI=1S/C48H44ClN5O7/c1-29(55)27-36(30-9-4-3-5-10-30)47(58)53-25-7-12-38(53)45(56)50-33-19-15-31(16-20-33)40-23-24-41(61-40)32-17-21-34(22-18-32)51-46(57)39-13-8-26-54(39)48(59)44-35-11-6-14-42(60-2)37(35)28-43(49)52-44/h3-6,9-11,14-24,28,36,38-39H,7-8,12-13,25-27H2,1-2H3,(H,50,56)(H,51,57)/t36-,38+,39+/m1/s1. The van der Waals surface area contributed by atoms with Crippen molar-refractivity contribution < 1.29 is 33.1 Å². The summed E-state index contributed by atoms with van der Waals surface area (Å²) in [5, 5.41) is 7.36. The molecule has 0 bridgehead atoms. The second-order valence-electron chi connectivity index (χ2n) is 15.4. The molecule has 0 radical (unpaired) electrons. The maximum absolute atomic E-state index is 13.8. The number of aromatic nitrogens is 1. The number of fused-ring (bicyclic) bond motifs is 1. The number of halogens is 1. The summed E-state index contributed by atoms with van der Waals surface area (Å²) in [5.74, 6) is -0.0444. The van der Waals surface area contributed by atoms with Crippen LogP contribution in [0.2, 0.25) is 5.15 Å². The van der Waals surface area contributed by atoms with Gasteiger partial charge in [-0.15, -0.1) is 0 Å². The van der Waals surface area contributed by atoms with Gasteiger partial charge in [-0.25, -0.2) is 4.98 Å². The van der Waals surface area contributed by atoms with Gasteiger partial charge in [-0.3, -0.25) is 24.0 Å². The van der Waals surface area contributed by atoms with Gasteiger partial charge in [0.25, 0.3) is 5.91 Å². The van der Waals surface area contributed by atoms with Crippen molar-refractivity contribution in [1.29, 1.82) is 0 Å². The van der Waals surface area contributed by atoms with Crippen molar-refractivity contribution in [2.24, 2.45) is 0 Å². The molecule has 0 aliphatic carbocycles. The Kier molecular flexibility index (Phi) is 12.0. The highest BCUT2D eigenvalue weighted by Crippen LogP contribution is 2.34. The van der Waals surface area contributed by atoms with E-state index in [-0.39, 0.29) is 46.7 Å². The Hall–Kier alpha value is -6.79. The number of pyridine rings is 1. The summed E-state index contributed by atoms with van der Waals surface area (Å²) in [7, 11) is 1.55. The minimum absolute atomic E-state index is 0.0807. The number of carbonyl (C=O) groups excluding carboxylic acids is 5. The van der Waals surface area contributed by atoms with Gasteiger partial charge in [-0.05, 0) is 111 Å². The molecule has 4 aromatic carbocycles. The van der Waals surface area contributed by atoms with Crippen LogP contribution in [0.5, 0.6) is 5.75 Å². The molecule has 3 atom stereocenters. The van der Waals surface area contributed by atoms with Crippen LogP contribution in [0, 0.1) is 0 Å². The number of nitrogens with one attached hydrogen (secondary N) is 2. The number of nitrogens with zero attached hydrogens (tertiary/aromatic N) is 3. The molecule has 2 fully saturated rings. The number of anilines is 2. The number of methoxy groups -OCH3 is 1. The second kappa shape index (κ2) is 17.8. The second-order valence-corrected chi connectivity index (χ2v) is 15.7. The fraction of sp³-hybridized carbons (Fsp3) is 0.250. The van der Waals surface area contributed by atoms with E-state index in [1.807, 2.05) is 66.7 Å². The summed E-state index contributed by atoms with van der Waals surface area (Å²) in [5.41, 5.74) is 3.70. The van der Waals surface area contributed by atoms with E-state index in [1.54, 1.807) is 65.4 Å². The lowest BCUT2D eigenvalue weighted by molar-refractivity contribution is -0.139. The Balaban J connectivity index is 0.884. The van der Waals surface area contributed by atoms with Gasteiger partial charge < -0.3 is 29.6 Å². The van der Waals surface area contributed by atoms with Gasteiger partial charge in [0.2, 0.25) is 17.7 Å². The summed E-state index contributed by atoms with van der Waals surface area (Å²) >= 11 is 6.33. The Bertz CT molecular complexity index is 2610. The smallest absolute Gasteiger partial charge is 0.273 e. The number of likely N-dealkylation sites (tertiary alicyclic amines) is 2. The summed E-state index contributed by atoms with van der Waals surface area (Å²) < 4.78 is 11.7. The zero-order valence-corrected chi connectivity index (χ0v) is 34.5. The number of Topliss-reactive ketones (excluding diaryl/α,β-unsaturated/α-hetero) is 1. The maximum Gasteiger partial charge on any atom is 0.273 e. The van der Waals surface area contributed by atoms with Crippen LogP contribution in [-0.4, -0.2) is 76.5 Å². The van der Waals surface area contributed by atoms with Crippen molar-refractivity contribution in [2.75, 3.05) is 30.8 Å². The molecule has 0 spiro atoms. The molecule has 2 aliphatic heterocycles. The largest absolute Gasteiger partial charge is 0.496 e. The van der Waals surface area contributed by atoms with Crippen LogP contribution in [-0.2, 0) is 19.2 Å². The molecule has 8 rings (SSSR count). The number of hydrogen-bond donors (Lipinski definition) is 2. The SMILES string of the molecule is COc1cccc2c(C(=O)N3CCC[C@H]3C(=O)Nc3ccc(-c4ccc(-c5ccc(NC(=O)[C@@H]6CCCN6C(=O)[C@H](CC(C)=O)c6ccccc6)cc5)o4)cc3)nc(Cl)cc12. The van der Waals surface area contributed by atoms with E-state index in [9.17, 15) is 24.0 Å². The fourth-order valence-corrected chi connectivity index (χ4v) is 8.53. The highest BCUT2D eigenvalue weighted by atomic mass is 35.5. The van der Waals surface area contributed by atoms with Crippen LogP contribution in [0.4, 0.5) is 11.4 Å². The van der Waals surface area contributed by atoms with Gasteiger partial charge in [0, 0.05) is 52.8 Å². The van der Waals surface area contributed by atoms with E-state index in [0.29, 0.717) is 78.2 Å². The van der Waals surface area contributed by atoms with E-state index in [2.05, 4.69) is 15.6 Å². The number of amides is 4. The number of ether oxygens (including phenoxy) is 1. The highest BCUT2D eigenvalue weighted by Gasteiger charge is 2.39. The molecule has 310 valence electrons. The van der Waals surface area contributed by atoms with Crippen LogP contribution >= 0.6 is 11.6 Å². The molecule has 6 aromatic rings. The first-order chi connectivity index (χ1) is 29.6. The van der Waals surface area contributed by atoms with Gasteiger partial charge in [-0.2, -0.15) is 0 Å². The third kappa shape index (κ3) is 8.76. The van der Waals surface area contributed by atoms with E-state index in [1.165, 1.54) is 6.92 Å². The average molecular weight is 838 g/mol. The Morgan fingerprint density at radius 1 is 0.738 bits per heavy atom. The molecule has 2 aromatic heterocycles. The molecule has 61 heavy (non-hydrogen) atoms. The number of benzene rings is 4. The Morgan fingerprint density at radius 3 is 1.89 bits per heavy atom. The molecular formula is C48H44ClN5O7. The maximum atomic E-state index is 13.8. The van der Waals surface area contributed by atoms with Crippen molar-refractivity contribution in [1.82, 2.24) is 14.8 Å². The molecule has 2 N–H and O–H groups in total. The molecule has 4 heterocycles. The van der Waals surface area contributed by atoms with Gasteiger partial charge in [0.05, 0.1) is 13.0 Å². The van der Waals surface area contributed by atoms with Crippen LogP contribution < -0.4 is 15.4 Å². The molecule has 2 aliphatic rings. The first-order valence-electron chi connectivity index (χ1n) is 20.3. The zero-order valence-electron chi connectivity index (χ0n) is 33.7. The molecular weight excluding hydrogens is 794 g/mol. The number of ketones is 1. The third-order valence-electron chi connectivity index (χ3n) is 11.4. The minimum Gasteiger partial charge on any atom is -0.496 e. The van der Waals surface area contributed by atoms with Gasteiger partial charge in [0.15, 0.2) is 0 Å². The molecule has 13 heteroatoms. The molecule has 2 saturated heterocycles. The third-order valence-corrected chi connectivity index (χ3v) is 11.5. The predicted molar refractivity (Wildman–Crippen MR) is 233 cm³/mol. The van der Waals surface area contributed by atoms with Gasteiger partial charge >= 0.3 is 0 Å². The average Bonchev–Trinajstić information content (AvgIpc) is 4.08. The normalized spacial score (nSPS) is 16.6. The monoisotopic (exact) mass is 837 g/mol. The van der Waals surface area contributed by atoms with Crippen molar-refractivity contribution in [2.45, 2.75) is 57.0 Å². The molecule has 12 nitrogen and oxygen atoms in total. The first kappa shape index (κ1) is 41.0. The summed E-state index contributed by atoms with van der Waals surface area (Å²) in [6.07, 6.45) is 2.50. The van der Waals surface area contributed by atoms with E-state index in [0.717, 1.165) is 16.7 Å². The van der Waals surface area contributed by atoms with E-state index < -0.39 is 18.0 Å². The number of furan rings is 1. The fourth-order valence-electron chi connectivity index (χ4n) is 8.34. The minimum atomic E-state index is -0.682. The lowest BCUT2D eigenvalue weighted by Crippen LogP contribution is -2.45. The lowest BCUT2D eigenvalue weighted by Gasteiger charge is -2.28. The van der Waals surface area contributed by atoms with Gasteiger partial charge in [0.1, 0.15) is 46.0 Å². The van der Waals surface area contributed by atoms with Crippen molar-refractivity contribution >= 4 is 63.2 Å². The number of carbonyl (C=O) groups is 5. The molecule has 0 saturated carbocycles.